The smallest absolute Gasteiger partial charge is 0.0890 e. The van der Waals surface area contributed by atoms with Crippen LogP contribution in [0.5, 0.6) is 0 Å². The molecule has 0 spiro atoms. The van der Waals surface area contributed by atoms with E-state index in [4.69, 9.17) is 10.5 Å². The van der Waals surface area contributed by atoms with Gasteiger partial charge in [0.15, 0.2) is 0 Å². The molecule has 2 N–H and O–H groups in total. The lowest BCUT2D eigenvalue weighted by Gasteiger charge is -2.16. The first-order valence-electron chi connectivity index (χ1n) is 3.07. The minimum atomic E-state index is -0.122. The highest BCUT2D eigenvalue weighted by molar-refractivity contribution is 4.70. The van der Waals surface area contributed by atoms with Crippen molar-refractivity contribution in [2.24, 2.45) is 5.73 Å². The Labute approximate surface area is 56.7 Å². The maximum absolute atomic E-state index is 5.66. The van der Waals surface area contributed by atoms with E-state index in [2.05, 4.69) is 6.58 Å². The molecule has 0 fully saturated rings. The molecule has 2 nitrogen and oxygen atoms in total. The van der Waals surface area contributed by atoms with Gasteiger partial charge in [0, 0.05) is 5.54 Å². The normalized spacial score (nSPS) is 11.0. The molecule has 0 unspecified atom stereocenters. The molecule has 0 rings (SSSR count). The van der Waals surface area contributed by atoms with Crippen LogP contribution in [0.1, 0.15) is 20.3 Å². The van der Waals surface area contributed by atoms with Crippen LogP contribution in [0.15, 0.2) is 12.8 Å². The van der Waals surface area contributed by atoms with Gasteiger partial charge in [-0.25, -0.2) is 0 Å². The van der Waals surface area contributed by atoms with Gasteiger partial charge in [-0.2, -0.15) is 0 Å². The Morgan fingerprint density at radius 3 is 2.56 bits per heavy atom. The van der Waals surface area contributed by atoms with Crippen LogP contribution in [0.25, 0.3) is 0 Å². The van der Waals surface area contributed by atoms with Gasteiger partial charge in [0.05, 0.1) is 12.9 Å². The fourth-order valence-corrected chi connectivity index (χ4v) is 0.405. The van der Waals surface area contributed by atoms with E-state index in [0.717, 1.165) is 6.42 Å². The molecule has 0 saturated carbocycles. The Balaban J connectivity index is 3.17. The van der Waals surface area contributed by atoms with Crippen LogP contribution in [0, 0.1) is 0 Å². The lowest BCUT2D eigenvalue weighted by molar-refractivity contribution is 0.220. The van der Waals surface area contributed by atoms with E-state index >= 15 is 0 Å². The molecular weight excluding hydrogens is 114 g/mol. The van der Waals surface area contributed by atoms with Crippen LogP contribution in [-0.2, 0) is 4.74 Å². The van der Waals surface area contributed by atoms with Crippen molar-refractivity contribution in [1.82, 2.24) is 0 Å². The van der Waals surface area contributed by atoms with Gasteiger partial charge < -0.3 is 10.5 Å². The van der Waals surface area contributed by atoms with Crippen molar-refractivity contribution in [1.29, 1.82) is 0 Å². The maximum atomic E-state index is 5.66. The average molecular weight is 129 g/mol. The van der Waals surface area contributed by atoms with Gasteiger partial charge in [-0.15, -0.1) is 0 Å². The summed E-state index contributed by atoms with van der Waals surface area (Å²) >= 11 is 0. The summed E-state index contributed by atoms with van der Waals surface area (Å²) in [5.74, 6) is 0. The van der Waals surface area contributed by atoms with Crippen LogP contribution in [0.4, 0.5) is 0 Å². The lowest BCUT2D eigenvalue weighted by Crippen LogP contribution is -2.32. The van der Waals surface area contributed by atoms with Crippen LogP contribution in [-0.4, -0.2) is 12.1 Å². The summed E-state index contributed by atoms with van der Waals surface area (Å²) in [6.45, 7) is 8.02. The molecule has 0 amide bonds. The van der Waals surface area contributed by atoms with Crippen LogP contribution < -0.4 is 5.73 Å². The molecule has 54 valence electrons. The number of hydrogen-bond donors (Lipinski definition) is 1. The van der Waals surface area contributed by atoms with Crippen molar-refractivity contribution in [3.05, 3.63) is 12.8 Å². The zero-order valence-corrected chi connectivity index (χ0v) is 6.18. The summed E-state index contributed by atoms with van der Waals surface area (Å²) < 4.78 is 4.89. The van der Waals surface area contributed by atoms with E-state index in [1.54, 1.807) is 0 Å². The summed E-state index contributed by atoms with van der Waals surface area (Å²) in [5.41, 5.74) is 5.54. The van der Waals surface area contributed by atoms with Gasteiger partial charge in [-0.05, 0) is 20.3 Å². The van der Waals surface area contributed by atoms with Gasteiger partial charge >= 0.3 is 0 Å². The molecule has 0 atom stereocenters. The van der Waals surface area contributed by atoms with Gasteiger partial charge in [0.2, 0.25) is 0 Å². The van der Waals surface area contributed by atoms with Crippen LogP contribution in [0.2, 0.25) is 0 Å². The molecule has 0 aromatic rings. The molecule has 0 heterocycles. The fraction of sp³-hybridized carbons (Fsp3) is 0.714. The standard InChI is InChI=1S/C7H15NO/c1-4-9-6-5-7(2,3)8/h4H,1,5-6,8H2,2-3H3. The fourth-order valence-electron chi connectivity index (χ4n) is 0.405. The third-order valence-corrected chi connectivity index (χ3v) is 0.982. The predicted octanol–water partition coefficient (Wildman–Crippen LogP) is 1.27. The molecule has 0 bridgehead atoms. The summed E-state index contributed by atoms with van der Waals surface area (Å²) in [7, 11) is 0. The molecule has 0 aromatic carbocycles. The van der Waals surface area contributed by atoms with Crippen molar-refractivity contribution < 1.29 is 4.74 Å². The van der Waals surface area contributed by atoms with Crippen molar-refractivity contribution in [3.63, 3.8) is 0 Å². The van der Waals surface area contributed by atoms with Crippen molar-refractivity contribution in [2.45, 2.75) is 25.8 Å². The molecular formula is C7H15NO. The molecule has 0 aliphatic heterocycles. The van der Waals surface area contributed by atoms with E-state index in [9.17, 15) is 0 Å². The second kappa shape index (κ2) is 3.51. The van der Waals surface area contributed by atoms with Gasteiger partial charge in [0.25, 0.3) is 0 Å². The van der Waals surface area contributed by atoms with Gasteiger partial charge in [-0.1, -0.05) is 6.58 Å². The maximum Gasteiger partial charge on any atom is 0.0890 e. The number of rotatable bonds is 4. The highest BCUT2D eigenvalue weighted by Gasteiger charge is 2.08. The lowest BCUT2D eigenvalue weighted by atomic mass is 10.0. The van der Waals surface area contributed by atoms with E-state index in [1.807, 2.05) is 13.8 Å². The Bertz CT molecular complexity index is 83.4. The minimum Gasteiger partial charge on any atom is -0.502 e. The zero-order chi connectivity index (χ0) is 7.33. The summed E-state index contributed by atoms with van der Waals surface area (Å²) in [6.07, 6.45) is 2.30. The quantitative estimate of drug-likeness (QED) is 0.458. The second-order valence-electron chi connectivity index (χ2n) is 2.78. The summed E-state index contributed by atoms with van der Waals surface area (Å²) in [6, 6.07) is 0. The first-order valence-corrected chi connectivity index (χ1v) is 3.07. The van der Waals surface area contributed by atoms with E-state index in [0.29, 0.717) is 6.61 Å². The Kier molecular flexibility index (Phi) is 3.32. The van der Waals surface area contributed by atoms with Crippen LogP contribution >= 0.6 is 0 Å². The number of nitrogens with two attached hydrogens (primary N) is 1. The molecule has 0 aromatic heterocycles. The van der Waals surface area contributed by atoms with E-state index in [-0.39, 0.29) is 5.54 Å². The average Bonchev–Trinajstić information content (AvgIpc) is 1.63. The number of ether oxygens (including phenoxy) is 1. The van der Waals surface area contributed by atoms with Crippen LogP contribution in [0.3, 0.4) is 0 Å². The third kappa shape index (κ3) is 7.50. The van der Waals surface area contributed by atoms with Crippen molar-refractivity contribution in [3.8, 4) is 0 Å². The second-order valence-corrected chi connectivity index (χ2v) is 2.78. The first-order chi connectivity index (χ1) is 4.06. The van der Waals surface area contributed by atoms with Gasteiger partial charge in [0.1, 0.15) is 0 Å². The highest BCUT2D eigenvalue weighted by Crippen LogP contribution is 2.02. The molecule has 2 heteroatoms. The van der Waals surface area contributed by atoms with E-state index < -0.39 is 0 Å². The summed E-state index contributed by atoms with van der Waals surface area (Å²) in [5, 5.41) is 0. The Morgan fingerprint density at radius 1 is 1.67 bits per heavy atom. The molecule has 0 aliphatic carbocycles. The Hall–Kier alpha value is -0.500. The topological polar surface area (TPSA) is 35.2 Å². The third-order valence-electron chi connectivity index (χ3n) is 0.982. The predicted molar refractivity (Wildman–Crippen MR) is 39.0 cm³/mol. The molecule has 0 saturated heterocycles. The minimum absolute atomic E-state index is 0.122. The Morgan fingerprint density at radius 2 is 2.22 bits per heavy atom. The van der Waals surface area contributed by atoms with Gasteiger partial charge in [-0.3, -0.25) is 0 Å². The monoisotopic (exact) mass is 129 g/mol. The highest BCUT2D eigenvalue weighted by atomic mass is 16.5. The summed E-state index contributed by atoms with van der Waals surface area (Å²) in [4.78, 5) is 0. The zero-order valence-electron chi connectivity index (χ0n) is 6.18. The molecule has 0 radical (unpaired) electrons. The van der Waals surface area contributed by atoms with Crippen molar-refractivity contribution in [2.75, 3.05) is 6.61 Å². The van der Waals surface area contributed by atoms with E-state index in [1.165, 1.54) is 6.26 Å². The largest absolute Gasteiger partial charge is 0.502 e. The molecule has 9 heavy (non-hydrogen) atoms. The van der Waals surface area contributed by atoms with Crippen molar-refractivity contribution >= 4 is 0 Å². The molecule has 0 aliphatic rings. The SMILES string of the molecule is C=COCCC(C)(C)N. The number of hydrogen-bond acceptors (Lipinski definition) is 2. The first kappa shape index (κ1) is 8.50.